The molecule has 0 radical (unpaired) electrons. The van der Waals surface area contributed by atoms with Gasteiger partial charge in [0.05, 0.1) is 29.1 Å². The maximum absolute atomic E-state index is 11.6. The van der Waals surface area contributed by atoms with Crippen LogP contribution in [0.3, 0.4) is 0 Å². The fraction of sp³-hybridized carbons (Fsp3) is 0.222. The Balaban J connectivity index is 2.52. The minimum absolute atomic E-state index is 0.0896. The quantitative estimate of drug-likeness (QED) is 0.640. The maximum atomic E-state index is 11.6. The fourth-order valence-electron chi connectivity index (χ4n) is 1.87. The lowest BCUT2D eigenvalue weighted by molar-refractivity contribution is -0.119. The highest BCUT2D eigenvalue weighted by molar-refractivity contribution is 6.03. The van der Waals surface area contributed by atoms with Crippen molar-refractivity contribution in [3.63, 3.8) is 0 Å². The van der Waals surface area contributed by atoms with Crippen LogP contribution in [-0.4, -0.2) is 27.5 Å². The number of nitrogens with zero attached hydrogens (tertiary/aromatic N) is 3. The van der Waals surface area contributed by atoms with E-state index in [-0.39, 0.29) is 18.1 Å². The Bertz CT molecular complexity index is 625. The lowest BCUT2D eigenvalue weighted by Crippen LogP contribution is -2.37. The third kappa shape index (κ3) is 0.903. The molecule has 2 aromatic heterocycles. The van der Waals surface area contributed by atoms with Gasteiger partial charge in [0.2, 0.25) is 5.91 Å². The zero-order chi connectivity index (χ0) is 10.6. The van der Waals surface area contributed by atoms with Gasteiger partial charge in [-0.2, -0.15) is 0 Å². The molecule has 0 spiro atoms. The van der Waals surface area contributed by atoms with Crippen LogP contribution >= 0.6 is 0 Å². The molecular weight excluding hydrogens is 196 g/mol. The number of carbonyl (C=O) groups is 1. The zero-order valence-electron chi connectivity index (χ0n) is 8.02. The second-order valence-electron chi connectivity index (χ2n) is 3.52. The number of aromatic amines is 1. The van der Waals surface area contributed by atoms with E-state index in [2.05, 4.69) is 9.97 Å². The van der Waals surface area contributed by atoms with Gasteiger partial charge < -0.3 is 9.88 Å². The van der Waals surface area contributed by atoms with E-state index >= 15 is 0 Å². The molecular formula is C9H8N4O2. The molecule has 0 bridgehead atoms. The Morgan fingerprint density at radius 3 is 3.00 bits per heavy atom. The lowest BCUT2D eigenvalue weighted by Gasteiger charge is -2.23. The molecule has 0 saturated carbocycles. The average molecular weight is 204 g/mol. The number of hydrogen-bond donors (Lipinski definition) is 1. The second-order valence-corrected chi connectivity index (χ2v) is 3.52. The first-order chi connectivity index (χ1) is 7.18. The Kier molecular flexibility index (Phi) is 1.35. The summed E-state index contributed by atoms with van der Waals surface area (Å²) in [6, 6.07) is 0. The van der Waals surface area contributed by atoms with E-state index in [1.54, 1.807) is 19.4 Å². The molecule has 0 atom stereocenters. The van der Waals surface area contributed by atoms with Crippen molar-refractivity contribution in [2.75, 3.05) is 11.9 Å². The van der Waals surface area contributed by atoms with E-state index in [0.717, 1.165) is 5.52 Å². The molecule has 1 N–H and O–H groups in total. The number of pyridine rings is 1. The van der Waals surface area contributed by atoms with Crippen LogP contribution in [0.2, 0.25) is 0 Å². The van der Waals surface area contributed by atoms with Gasteiger partial charge in [0, 0.05) is 7.05 Å². The predicted octanol–water partition coefficient (Wildman–Crippen LogP) is -0.299. The van der Waals surface area contributed by atoms with Gasteiger partial charge in [-0.25, -0.2) is 4.79 Å². The number of likely N-dealkylation sites (N-methyl/N-ethyl adjacent to an activating group) is 1. The molecule has 0 aliphatic carbocycles. The SMILES string of the molecule is CN1C(=O)Cn2c(=O)[nH]c3cncc1c32. The topological polar surface area (TPSA) is 71.0 Å². The second kappa shape index (κ2) is 2.47. The minimum Gasteiger partial charge on any atom is -0.311 e. The summed E-state index contributed by atoms with van der Waals surface area (Å²) >= 11 is 0. The molecule has 1 aliphatic rings. The predicted molar refractivity (Wildman–Crippen MR) is 53.8 cm³/mol. The minimum atomic E-state index is -0.263. The molecule has 1 amide bonds. The molecule has 6 heteroatoms. The van der Waals surface area contributed by atoms with Gasteiger partial charge in [-0.1, -0.05) is 0 Å². The summed E-state index contributed by atoms with van der Waals surface area (Å²) in [5, 5.41) is 0. The first-order valence-corrected chi connectivity index (χ1v) is 4.51. The molecule has 0 fully saturated rings. The number of hydrogen-bond acceptors (Lipinski definition) is 3. The lowest BCUT2D eigenvalue weighted by atomic mass is 10.2. The third-order valence-electron chi connectivity index (χ3n) is 2.68. The number of amides is 1. The van der Waals surface area contributed by atoms with E-state index in [1.165, 1.54) is 9.47 Å². The fourth-order valence-corrected chi connectivity index (χ4v) is 1.87. The van der Waals surface area contributed by atoms with Gasteiger partial charge in [-0.15, -0.1) is 0 Å². The number of anilines is 1. The largest absolute Gasteiger partial charge is 0.327 e. The summed E-state index contributed by atoms with van der Waals surface area (Å²) in [5.41, 5.74) is 1.82. The molecule has 76 valence electrons. The highest BCUT2D eigenvalue weighted by Gasteiger charge is 2.24. The molecule has 0 saturated heterocycles. The van der Waals surface area contributed by atoms with Gasteiger partial charge in [0.15, 0.2) is 0 Å². The highest BCUT2D eigenvalue weighted by atomic mass is 16.2. The number of nitrogens with one attached hydrogen (secondary N) is 1. The van der Waals surface area contributed by atoms with Crippen LogP contribution in [0.1, 0.15) is 0 Å². The van der Waals surface area contributed by atoms with E-state index in [1.807, 2.05) is 0 Å². The first kappa shape index (κ1) is 8.22. The van der Waals surface area contributed by atoms with E-state index < -0.39 is 0 Å². The molecule has 15 heavy (non-hydrogen) atoms. The molecule has 0 aromatic carbocycles. The van der Waals surface area contributed by atoms with Crippen LogP contribution in [0.5, 0.6) is 0 Å². The van der Waals surface area contributed by atoms with E-state index in [0.29, 0.717) is 11.2 Å². The standard InChI is InChI=1S/C9H8N4O2/c1-12-6-3-10-2-5-8(6)13(4-7(12)14)9(15)11-5/h2-3H,4H2,1H3,(H,11,15). The van der Waals surface area contributed by atoms with Crippen molar-refractivity contribution in [3.8, 4) is 0 Å². The van der Waals surface area contributed by atoms with Crippen molar-refractivity contribution < 1.29 is 4.79 Å². The van der Waals surface area contributed by atoms with Crippen molar-refractivity contribution in [2.24, 2.45) is 0 Å². The van der Waals surface area contributed by atoms with Crippen LogP contribution < -0.4 is 10.6 Å². The first-order valence-electron chi connectivity index (χ1n) is 4.51. The molecule has 0 unspecified atom stereocenters. The average Bonchev–Trinajstić information content (AvgIpc) is 2.53. The molecule has 3 heterocycles. The molecule has 3 rings (SSSR count). The molecule has 2 aromatic rings. The van der Waals surface area contributed by atoms with Crippen molar-refractivity contribution in [1.29, 1.82) is 0 Å². The Morgan fingerprint density at radius 1 is 1.40 bits per heavy atom. The van der Waals surface area contributed by atoms with Crippen LogP contribution in [-0.2, 0) is 11.3 Å². The van der Waals surface area contributed by atoms with Gasteiger partial charge in [0.1, 0.15) is 6.54 Å². The van der Waals surface area contributed by atoms with Crippen molar-refractivity contribution in [3.05, 3.63) is 22.9 Å². The van der Waals surface area contributed by atoms with Gasteiger partial charge >= 0.3 is 5.69 Å². The van der Waals surface area contributed by atoms with Crippen LogP contribution in [0.25, 0.3) is 11.0 Å². The van der Waals surface area contributed by atoms with Crippen LogP contribution in [0, 0.1) is 0 Å². The number of H-pyrrole nitrogens is 1. The summed E-state index contributed by atoms with van der Waals surface area (Å²) in [6.45, 7) is 0.0896. The summed E-state index contributed by atoms with van der Waals surface area (Å²) < 4.78 is 1.44. The van der Waals surface area contributed by atoms with Crippen LogP contribution in [0.15, 0.2) is 17.2 Å². The Labute approximate surface area is 84.1 Å². The smallest absolute Gasteiger partial charge is 0.311 e. The van der Waals surface area contributed by atoms with Gasteiger partial charge in [-0.05, 0) is 0 Å². The number of imidazole rings is 1. The summed E-state index contributed by atoms with van der Waals surface area (Å²) in [5.74, 6) is -0.112. The van der Waals surface area contributed by atoms with Gasteiger partial charge in [0.25, 0.3) is 0 Å². The zero-order valence-corrected chi connectivity index (χ0v) is 8.02. The maximum Gasteiger partial charge on any atom is 0.327 e. The van der Waals surface area contributed by atoms with Crippen molar-refractivity contribution in [1.82, 2.24) is 14.5 Å². The number of rotatable bonds is 0. The Morgan fingerprint density at radius 2 is 2.20 bits per heavy atom. The summed E-state index contributed by atoms with van der Waals surface area (Å²) in [4.78, 5) is 31.3. The Hall–Kier alpha value is -2.11. The molecule has 6 nitrogen and oxygen atoms in total. The van der Waals surface area contributed by atoms with E-state index in [9.17, 15) is 9.59 Å². The van der Waals surface area contributed by atoms with Gasteiger partial charge in [-0.3, -0.25) is 14.3 Å². The van der Waals surface area contributed by atoms with Crippen LogP contribution in [0.4, 0.5) is 5.69 Å². The summed E-state index contributed by atoms with van der Waals surface area (Å²) in [7, 11) is 1.68. The number of carbonyl (C=O) groups excluding carboxylic acids is 1. The number of aromatic nitrogens is 3. The molecule has 1 aliphatic heterocycles. The summed E-state index contributed by atoms with van der Waals surface area (Å²) in [6.07, 6.45) is 3.17. The highest BCUT2D eigenvalue weighted by Crippen LogP contribution is 2.26. The normalized spacial score (nSPS) is 15.0. The monoisotopic (exact) mass is 204 g/mol. The van der Waals surface area contributed by atoms with E-state index in [4.69, 9.17) is 0 Å². The third-order valence-corrected chi connectivity index (χ3v) is 2.68. The van der Waals surface area contributed by atoms with Crippen molar-refractivity contribution >= 4 is 22.6 Å². The van der Waals surface area contributed by atoms with Crippen molar-refractivity contribution in [2.45, 2.75) is 6.54 Å².